The third-order valence-electron chi connectivity index (χ3n) is 4.97. The van der Waals surface area contributed by atoms with Gasteiger partial charge in [0.05, 0.1) is 12.1 Å². The first-order chi connectivity index (χ1) is 12.8. The average molecular weight is 353 g/mol. The van der Waals surface area contributed by atoms with Crippen molar-refractivity contribution in [3.05, 3.63) is 59.5 Å². The van der Waals surface area contributed by atoms with Gasteiger partial charge >= 0.3 is 0 Å². The van der Waals surface area contributed by atoms with Gasteiger partial charge in [-0.05, 0) is 53.9 Å². The molecular weight excluding hydrogens is 334 g/mol. The van der Waals surface area contributed by atoms with Crippen molar-refractivity contribution in [2.75, 3.05) is 19.8 Å². The van der Waals surface area contributed by atoms with Gasteiger partial charge in [-0.1, -0.05) is 6.07 Å². The summed E-state index contributed by atoms with van der Waals surface area (Å²) in [6.45, 7) is 1.91. The Bertz CT molecular complexity index is 879. The second kappa shape index (κ2) is 6.23. The van der Waals surface area contributed by atoms with Gasteiger partial charge in [-0.3, -0.25) is 0 Å². The van der Waals surface area contributed by atoms with Crippen LogP contribution < -0.4 is 24.3 Å². The topological polar surface area (TPSA) is 69.2 Å². The predicted molar refractivity (Wildman–Crippen MR) is 93.7 cm³/mol. The molecule has 3 heterocycles. The van der Waals surface area contributed by atoms with Crippen LogP contribution in [-0.2, 0) is 6.42 Å². The molecule has 0 unspecified atom stereocenters. The van der Waals surface area contributed by atoms with Crippen LogP contribution in [0.4, 0.5) is 0 Å². The van der Waals surface area contributed by atoms with Crippen molar-refractivity contribution < 1.29 is 24.1 Å². The highest BCUT2D eigenvalue weighted by Crippen LogP contribution is 2.42. The molecular formula is C20H19NO5. The number of nitrogens with one attached hydrogen (secondary N) is 1. The SMILES string of the molecule is O[C@H](c1ccc2c(c1)OC=CO2)[C@@H]1NCCc2cc3c(cc21)OCCO3. The first kappa shape index (κ1) is 15.5. The molecule has 0 spiro atoms. The number of aliphatic hydroxyl groups excluding tert-OH is 1. The highest BCUT2D eigenvalue weighted by molar-refractivity contribution is 5.51. The van der Waals surface area contributed by atoms with Crippen LogP contribution >= 0.6 is 0 Å². The Morgan fingerprint density at radius 1 is 0.923 bits per heavy atom. The molecule has 5 rings (SSSR count). The second-order valence-corrected chi connectivity index (χ2v) is 6.54. The maximum absolute atomic E-state index is 11.0. The third-order valence-corrected chi connectivity index (χ3v) is 4.97. The van der Waals surface area contributed by atoms with E-state index in [0.717, 1.165) is 35.6 Å². The Labute approximate surface area is 150 Å². The van der Waals surface area contributed by atoms with E-state index in [1.165, 1.54) is 18.1 Å². The molecule has 0 radical (unpaired) electrons. The fourth-order valence-electron chi connectivity index (χ4n) is 3.70. The summed E-state index contributed by atoms with van der Waals surface area (Å²) in [5.41, 5.74) is 2.99. The summed E-state index contributed by atoms with van der Waals surface area (Å²) in [7, 11) is 0. The first-order valence-corrected chi connectivity index (χ1v) is 8.76. The Hall–Kier alpha value is -2.70. The van der Waals surface area contributed by atoms with Gasteiger partial charge in [0.15, 0.2) is 23.0 Å². The summed E-state index contributed by atoms with van der Waals surface area (Å²) in [6, 6.07) is 9.29. The van der Waals surface area contributed by atoms with Crippen LogP contribution in [0.15, 0.2) is 42.9 Å². The molecule has 0 aromatic heterocycles. The molecule has 3 aliphatic heterocycles. The maximum Gasteiger partial charge on any atom is 0.169 e. The lowest BCUT2D eigenvalue weighted by molar-refractivity contribution is 0.124. The van der Waals surface area contributed by atoms with Gasteiger partial charge in [-0.25, -0.2) is 0 Å². The summed E-state index contributed by atoms with van der Waals surface area (Å²) in [5.74, 6) is 2.77. The van der Waals surface area contributed by atoms with E-state index in [1.54, 1.807) is 0 Å². The summed E-state index contributed by atoms with van der Waals surface area (Å²) < 4.78 is 22.3. The number of benzene rings is 2. The Morgan fingerprint density at radius 2 is 1.69 bits per heavy atom. The highest BCUT2D eigenvalue weighted by Gasteiger charge is 2.30. The summed E-state index contributed by atoms with van der Waals surface area (Å²) >= 11 is 0. The van der Waals surface area contributed by atoms with Gasteiger partial charge in [0, 0.05) is 0 Å². The summed E-state index contributed by atoms with van der Waals surface area (Å²) in [6.07, 6.45) is 3.14. The second-order valence-electron chi connectivity index (χ2n) is 6.54. The molecule has 2 aromatic rings. The zero-order valence-corrected chi connectivity index (χ0v) is 14.1. The van der Waals surface area contributed by atoms with Gasteiger partial charge in [0.1, 0.15) is 25.7 Å². The molecule has 0 amide bonds. The molecule has 26 heavy (non-hydrogen) atoms. The molecule has 6 heteroatoms. The monoisotopic (exact) mass is 353 g/mol. The van der Waals surface area contributed by atoms with Gasteiger partial charge < -0.3 is 29.4 Å². The number of hydrogen-bond acceptors (Lipinski definition) is 6. The van der Waals surface area contributed by atoms with Gasteiger partial charge in [0.2, 0.25) is 0 Å². The molecule has 2 N–H and O–H groups in total. The van der Waals surface area contributed by atoms with Crippen LogP contribution in [-0.4, -0.2) is 24.9 Å². The van der Waals surface area contributed by atoms with Gasteiger partial charge in [-0.15, -0.1) is 0 Å². The van der Waals surface area contributed by atoms with Crippen molar-refractivity contribution in [1.29, 1.82) is 0 Å². The normalized spacial score (nSPS) is 21.0. The molecule has 0 saturated carbocycles. The number of ether oxygens (including phenoxy) is 4. The van der Waals surface area contributed by atoms with Gasteiger partial charge in [-0.2, -0.15) is 0 Å². The molecule has 0 saturated heterocycles. The van der Waals surface area contributed by atoms with Gasteiger partial charge in [0.25, 0.3) is 0 Å². The molecule has 0 bridgehead atoms. The van der Waals surface area contributed by atoms with Crippen LogP contribution in [0, 0.1) is 0 Å². The van der Waals surface area contributed by atoms with E-state index in [0.29, 0.717) is 24.7 Å². The van der Waals surface area contributed by atoms with Crippen LogP contribution in [0.3, 0.4) is 0 Å². The fraction of sp³-hybridized carbons (Fsp3) is 0.300. The Balaban J connectivity index is 1.50. The molecule has 3 aliphatic rings. The Morgan fingerprint density at radius 3 is 2.54 bits per heavy atom. The standard InChI is InChI=1S/C20H19NO5/c22-20(13-1-2-15-16(10-13)24-6-5-23-15)19-14-11-18-17(25-7-8-26-18)9-12(14)3-4-21-19/h1-2,5-6,9-11,19-22H,3-4,7-8H2/t19-,20-/m1/s1. The lowest BCUT2D eigenvalue weighted by Crippen LogP contribution is -2.34. The van der Waals surface area contributed by atoms with E-state index in [2.05, 4.69) is 5.32 Å². The fourth-order valence-corrected chi connectivity index (χ4v) is 3.70. The molecule has 134 valence electrons. The van der Waals surface area contributed by atoms with Crippen molar-refractivity contribution in [3.63, 3.8) is 0 Å². The number of fused-ring (bicyclic) bond motifs is 3. The predicted octanol–water partition coefficient (Wildman–Crippen LogP) is 2.62. The maximum atomic E-state index is 11.0. The zero-order valence-electron chi connectivity index (χ0n) is 14.1. The number of hydrogen-bond donors (Lipinski definition) is 2. The van der Waals surface area contributed by atoms with E-state index in [9.17, 15) is 5.11 Å². The van der Waals surface area contributed by atoms with Crippen molar-refractivity contribution in [2.24, 2.45) is 0 Å². The lowest BCUT2D eigenvalue weighted by atomic mass is 9.88. The van der Waals surface area contributed by atoms with E-state index >= 15 is 0 Å². The number of rotatable bonds is 2. The van der Waals surface area contributed by atoms with Crippen LogP contribution in [0.2, 0.25) is 0 Å². The van der Waals surface area contributed by atoms with E-state index < -0.39 is 6.10 Å². The molecule has 6 nitrogen and oxygen atoms in total. The molecule has 0 fully saturated rings. The minimum atomic E-state index is -0.726. The van der Waals surface area contributed by atoms with Crippen LogP contribution in [0.1, 0.15) is 28.8 Å². The average Bonchev–Trinajstić information content (AvgIpc) is 2.71. The largest absolute Gasteiger partial charge is 0.486 e. The van der Waals surface area contributed by atoms with Crippen molar-refractivity contribution in [3.8, 4) is 23.0 Å². The Kier molecular flexibility index (Phi) is 3.72. The van der Waals surface area contributed by atoms with E-state index in [4.69, 9.17) is 18.9 Å². The number of aliphatic hydroxyl groups is 1. The molecule has 0 aliphatic carbocycles. The van der Waals surface area contributed by atoms with Crippen molar-refractivity contribution in [2.45, 2.75) is 18.6 Å². The molecule has 2 aromatic carbocycles. The van der Waals surface area contributed by atoms with Crippen molar-refractivity contribution >= 4 is 0 Å². The summed E-state index contributed by atoms with van der Waals surface area (Å²) in [5, 5.41) is 14.5. The van der Waals surface area contributed by atoms with Crippen LogP contribution in [0.5, 0.6) is 23.0 Å². The molecule has 2 atom stereocenters. The summed E-state index contributed by atoms with van der Waals surface area (Å²) in [4.78, 5) is 0. The first-order valence-electron chi connectivity index (χ1n) is 8.76. The van der Waals surface area contributed by atoms with E-state index in [-0.39, 0.29) is 6.04 Å². The lowest BCUT2D eigenvalue weighted by Gasteiger charge is -2.32. The van der Waals surface area contributed by atoms with Crippen LogP contribution in [0.25, 0.3) is 0 Å². The minimum absolute atomic E-state index is 0.229. The minimum Gasteiger partial charge on any atom is -0.486 e. The van der Waals surface area contributed by atoms with E-state index in [1.807, 2.05) is 30.3 Å². The zero-order chi connectivity index (χ0) is 17.5. The highest BCUT2D eigenvalue weighted by atomic mass is 16.6. The quantitative estimate of drug-likeness (QED) is 0.865. The smallest absolute Gasteiger partial charge is 0.169 e. The van der Waals surface area contributed by atoms with Crippen molar-refractivity contribution in [1.82, 2.24) is 5.32 Å². The third kappa shape index (κ3) is 2.58.